The van der Waals surface area contributed by atoms with Crippen LogP contribution in [0.25, 0.3) is 0 Å². The quantitative estimate of drug-likeness (QED) is 0.909. The number of halogens is 2. The Morgan fingerprint density at radius 2 is 2.00 bits per heavy atom. The summed E-state index contributed by atoms with van der Waals surface area (Å²) in [5, 5.41) is 0. The van der Waals surface area contributed by atoms with Gasteiger partial charge in [-0.1, -0.05) is 6.92 Å². The third-order valence-corrected chi connectivity index (χ3v) is 4.26. The second-order valence-corrected chi connectivity index (χ2v) is 5.28. The molecule has 1 aromatic carbocycles. The molecule has 0 spiro atoms. The smallest absolute Gasteiger partial charge is 0.126 e. The van der Waals surface area contributed by atoms with Crippen LogP contribution in [0.5, 0.6) is 0 Å². The minimum absolute atomic E-state index is 0.0743. The van der Waals surface area contributed by atoms with Gasteiger partial charge in [-0.3, -0.25) is 0 Å². The van der Waals surface area contributed by atoms with Crippen molar-refractivity contribution in [3.8, 4) is 0 Å². The highest BCUT2D eigenvalue weighted by molar-refractivity contribution is 5.24. The van der Waals surface area contributed by atoms with E-state index in [1.807, 2.05) is 0 Å². The van der Waals surface area contributed by atoms with Gasteiger partial charge >= 0.3 is 0 Å². The number of hydrogen-bond donors (Lipinski definition) is 1. The van der Waals surface area contributed by atoms with Gasteiger partial charge in [0.1, 0.15) is 11.6 Å². The van der Waals surface area contributed by atoms with E-state index >= 15 is 0 Å². The molecule has 1 saturated heterocycles. The summed E-state index contributed by atoms with van der Waals surface area (Å²) < 4.78 is 27.2. The van der Waals surface area contributed by atoms with Crippen LogP contribution < -0.4 is 5.73 Å². The topological polar surface area (TPSA) is 29.3 Å². The molecule has 106 valence electrons. The van der Waals surface area contributed by atoms with Crippen molar-refractivity contribution in [3.63, 3.8) is 0 Å². The Balaban J connectivity index is 2.14. The predicted octanol–water partition coefficient (Wildman–Crippen LogP) is 2.74. The second kappa shape index (κ2) is 6.44. The Morgan fingerprint density at radius 3 is 2.58 bits per heavy atom. The first-order valence-corrected chi connectivity index (χ1v) is 7.03. The molecule has 0 aliphatic carbocycles. The first kappa shape index (κ1) is 14.4. The molecule has 0 radical (unpaired) electrons. The molecule has 4 heteroatoms. The molecule has 2 N–H and O–H groups in total. The second-order valence-electron chi connectivity index (χ2n) is 5.28. The predicted molar refractivity (Wildman–Crippen MR) is 73.0 cm³/mol. The lowest BCUT2D eigenvalue weighted by Gasteiger charge is -2.35. The third-order valence-electron chi connectivity index (χ3n) is 4.26. The molecule has 2 nitrogen and oxygen atoms in total. The fourth-order valence-corrected chi connectivity index (χ4v) is 3.04. The molecular weight excluding hydrogens is 246 g/mol. The van der Waals surface area contributed by atoms with Gasteiger partial charge in [0.05, 0.1) is 0 Å². The molecule has 1 fully saturated rings. The zero-order valence-corrected chi connectivity index (χ0v) is 11.4. The van der Waals surface area contributed by atoms with Gasteiger partial charge in [0, 0.05) is 5.92 Å². The van der Waals surface area contributed by atoms with Gasteiger partial charge in [0.15, 0.2) is 0 Å². The number of nitrogens with zero attached hydrogens (tertiary/aromatic N) is 1. The Kier molecular flexibility index (Phi) is 4.88. The van der Waals surface area contributed by atoms with Crippen LogP contribution in [0.4, 0.5) is 8.78 Å². The zero-order valence-electron chi connectivity index (χ0n) is 11.4. The summed E-state index contributed by atoms with van der Waals surface area (Å²) in [5.41, 5.74) is 6.26. The van der Waals surface area contributed by atoms with Crippen LogP contribution in [-0.2, 0) is 0 Å². The van der Waals surface area contributed by atoms with Gasteiger partial charge in [-0.25, -0.2) is 8.78 Å². The molecule has 0 aromatic heterocycles. The molecule has 2 rings (SSSR count). The first-order chi connectivity index (χ1) is 9.15. The van der Waals surface area contributed by atoms with E-state index in [-0.39, 0.29) is 17.6 Å². The lowest BCUT2D eigenvalue weighted by atomic mass is 9.80. The number of rotatable bonds is 4. The normalized spacial score (nSPS) is 19.6. The van der Waals surface area contributed by atoms with Crippen LogP contribution in [0, 0.1) is 17.6 Å². The van der Waals surface area contributed by atoms with Gasteiger partial charge in [-0.2, -0.15) is 0 Å². The maximum atomic E-state index is 13.9. The molecule has 1 unspecified atom stereocenters. The average molecular weight is 268 g/mol. The van der Waals surface area contributed by atoms with Gasteiger partial charge < -0.3 is 10.6 Å². The molecular formula is C15H22F2N2. The van der Waals surface area contributed by atoms with Crippen molar-refractivity contribution in [2.24, 2.45) is 11.7 Å². The minimum atomic E-state index is -0.388. The van der Waals surface area contributed by atoms with E-state index in [1.165, 1.54) is 12.1 Å². The minimum Gasteiger partial charge on any atom is -0.330 e. The van der Waals surface area contributed by atoms with Crippen molar-refractivity contribution in [2.75, 3.05) is 26.2 Å². The first-order valence-electron chi connectivity index (χ1n) is 7.03. The molecule has 1 aliphatic heterocycles. The van der Waals surface area contributed by atoms with Crippen LogP contribution in [0.3, 0.4) is 0 Å². The Labute approximate surface area is 113 Å². The highest BCUT2D eigenvalue weighted by Gasteiger charge is 2.28. The summed E-state index contributed by atoms with van der Waals surface area (Å²) in [7, 11) is 0. The maximum absolute atomic E-state index is 13.9. The number of benzene rings is 1. The van der Waals surface area contributed by atoms with E-state index in [2.05, 4.69) is 11.8 Å². The molecule has 0 amide bonds. The van der Waals surface area contributed by atoms with E-state index in [1.54, 1.807) is 0 Å². The number of hydrogen-bond acceptors (Lipinski definition) is 2. The summed E-state index contributed by atoms with van der Waals surface area (Å²) in [4.78, 5) is 2.38. The van der Waals surface area contributed by atoms with Crippen molar-refractivity contribution in [1.82, 2.24) is 4.90 Å². The van der Waals surface area contributed by atoms with Crippen molar-refractivity contribution in [1.29, 1.82) is 0 Å². The molecule has 1 heterocycles. The van der Waals surface area contributed by atoms with Crippen molar-refractivity contribution in [3.05, 3.63) is 35.4 Å². The summed E-state index contributed by atoms with van der Waals surface area (Å²) >= 11 is 0. The van der Waals surface area contributed by atoms with Gasteiger partial charge in [0.2, 0.25) is 0 Å². The summed E-state index contributed by atoms with van der Waals surface area (Å²) in [5.74, 6) is -0.450. The average Bonchev–Trinajstić information content (AvgIpc) is 2.44. The number of nitrogens with two attached hydrogens (primary N) is 1. The Hall–Kier alpha value is -1.00. The Bertz CT molecular complexity index is 415. The summed E-state index contributed by atoms with van der Waals surface area (Å²) in [6.07, 6.45) is 2.01. The van der Waals surface area contributed by atoms with Crippen molar-refractivity contribution in [2.45, 2.75) is 25.7 Å². The Morgan fingerprint density at radius 1 is 1.32 bits per heavy atom. The van der Waals surface area contributed by atoms with E-state index in [0.29, 0.717) is 18.0 Å². The van der Waals surface area contributed by atoms with Gasteiger partial charge in [0.25, 0.3) is 0 Å². The van der Waals surface area contributed by atoms with E-state index in [0.717, 1.165) is 38.5 Å². The number of likely N-dealkylation sites (tertiary alicyclic amines) is 1. The molecule has 1 atom stereocenters. The van der Waals surface area contributed by atoms with Gasteiger partial charge in [-0.15, -0.1) is 0 Å². The molecule has 0 saturated carbocycles. The van der Waals surface area contributed by atoms with Crippen LogP contribution >= 0.6 is 0 Å². The van der Waals surface area contributed by atoms with Gasteiger partial charge in [-0.05, 0) is 68.7 Å². The fourth-order valence-electron chi connectivity index (χ4n) is 3.04. The number of piperidine rings is 1. The van der Waals surface area contributed by atoms with E-state index in [4.69, 9.17) is 5.73 Å². The fraction of sp³-hybridized carbons (Fsp3) is 0.600. The van der Waals surface area contributed by atoms with Crippen LogP contribution in [0.2, 0.25) is 0 Å². The largest absolute Gasteiger partial charge is 0.330 e. The van der Waals surface area contributed by atoms with Crippen molar-refractivity contribution < 1.29 is 8.78 Å². The van der Waals surface area contributed by atoms with Crippen LogP contribution in [0.15, 0.2) is 18.2 Å². The third kappa shape index (κ3) is 3.31. The molecule has 1 aliphatic rings. The zero-order chi connectivity index (χ0) is 13.8. The SMILES string of the molecule is CCN1CCC(C(CN)c2cc(F)ccc2F)CC1. The van der Waals surface area contributed by atoms with Crippen LogP contribution in [-0.4, -0.2) is 31.1 Å². The lowest BCUT2D eigenvalue weighted by molar-refractivity contribution is 0.175. The summed E-state index contributed by atoms with van der Waals surface area (Å²) in [6.45, 7) is 5.61. The standard InChI is InChI=1S/C15H22F2N2/c1-2-19-7-5-11(6-8-19)14(10-18)13-9-12(16)3-4-15(13)17/h3-4,9,11,14H,2,5-8,10,18H2,1H3. The lowest BCUT2D eigenvalue weighted by Crippen LogP contribution is -2.37. The van der Waals surface area contributed by atoms with Crippen LogP contribution in [0.1, 0.15) is 31.2 Å². The molecule has 1 aromatic rings. The highest BCUT2D eigenvalue weighted by Crippen LogP contribution is 2.33. The monoisotopic (exact) mass is 268 g/mol. The highest BCUT2D eigenvalue weighted by atomic mass is 19.1. The summed E-state index contributed by atoms with van der Waals surface area (Å²) in [6, 6.07) is 3.67. The maximum Gasteiger partial charge on any atom is 0.126 e. The van der Waals surface area contributed by atoms with E-state index in [9.17, 15) is 8.78 Å². The van der Waals surface area contributed by atoms with Crippen molar-refractivity contribution >= 4 is 0 Å². The molecule has 19 heavy (non-hydrogen) atoms. The molecule has 0 bridgehead atoms. The van der Waals surface area contributed by atoms with E-state index < -0.39 is 0 Å².